The number of hydrogen-bond acceptors (Lipinski definition) is 4. The van der Waals surface area contributed by atoms with Gasteiger partial charge in [0.1, 0.15) is 12.0 Å². The van der Waals surface area contributed by atoms with Crippen LogP contribution in [0.15, 0.2) is 53.3 Å². The second kappa shape index (κ2) is 10.9. The molecule has 0 unspecified atom stereocenters. The van der Waals surface area contributed by atoms with Crippen molar-refractivity contribution in [3.8, 4) is 0 Å². The Balaban J connectivity index is 1.44. The second-order valence-electron chi connectivity index (χ2n) is 9.63. The molecule has 0 aromatic heterocycles. The predicted octanol–water partition coefficient (Wildman–Crippen LogP) is 3.70. The van der Waals surface area contributed by atoms with Gasteiger partial charge in [-0.2, -0.15) is 0 Å². The number of hydrogen-bond donors (Lipinski definition) is 2. The van der Waals surface area contributed by atoms with Crippen molar-refractivity contribution in [1.29, 1.82) is 0 Å². The number of nitrogens with zero attached hydrogens (tertiary/aromatic N) is 3. The summed E-state index contributed by atoms with van der Waals surface area (Å²) < 4.78 is 14.2. The molecule has 0 spiro atoms. The van der Waals surface area contributed by atoms with Gasteiger partial charge in [-0.3, -0.25) is 4.79 Å². The highest BCUT2D eigenvalue weighted by Crippen LogP contribution is 2.34. The van der Waals surface area contributed by atoms with Crippen LogP contribution in [0.25, 0.3) is 0 Å². The van der Waals surface area contributed by atoms with Crippen LogP contribution in [0.1, 0.15) is 37.7 Å². The summed E-state index contributed by atoms with van der Waals surface area (Å²) in [6, 6.07) is 7.57. The van der Waals surface area contributed by atoms with Crippen LogP contribution in [0.2, 0.25) is 5.02 Å². The lowest BCUT2D eigenvalue weighted by Crippen LogP contribution is -2.53. The molecule has 1 aromatic rings. The molecule has 1 amide bonds. The van der Waals surface area contributed by atoms with Crippen molar-refractivity contribution >= 4 is 23.3 Å². The Kier molecular flexibility index (Phi) is 7.94. The Labute approximate surface area is 206 Å². The molecule has 1 aromatic carbocycles. The first-order valence-electron chi connectivity index (χ1n) is 12.2. The largest absolute Gasteiger partial charge is 0.399 e. The SMILES string of the molecule is C=CN=C(C1=C(N)[C@@H](F)C[C@H]1C)N1CCN(C(=O)[C@H](CNCC2CC2)c2ccc(Cl)cc2)CC1. The fraction of sp³-hybridized carbons (Fsp3) is 0.538. The maximum absolute atomic E-state index is 14.2. The molecule has 0 bridgehead atoms. The Morgan fingerprint density at radius 1 is 1.26 bits per heavy atom. The van der Waals surface area contributed by atoms with Crippen LogP contribution in [-0.4, -0.2) is 67.0 Å². The molecular formula is C26H35ClFN5O. The molecule has 6 nitrogen and oxygen atoms in total. The molecule has 3 N–H and O–H groups in total. The number of carbonyl (C=O) groups excluding carboxylic acids is 1. The fourth-order valence-corrected chi connectivity index (χ4v) is 5.05. The van der Waals surface area contributed by atoms with Gasteiger partial charge < -0.3 is 20.9 Å². The number of amides is 1. The molecule has 2 fully saturated rings. The summed E-state index contributed by atoms with van der Waals surface area (Å²) in [6.07, 6.45) is 3.27. The van der Waals surface area contributed by atoms with Gasteiger partial charge in [-0.1, -0.05) is 37.2 Å². The number of aliphatic imine (C=N–C) groups is 1. The van der Waals surface area contributed by atoms with Crippen molar-refractivity contribution in [3.63, 3.8) is 0 Å². The van der Waals surface area contributed by atoms with Gasteiger partial charge in [0.05, 0.1) is 11.6 Å². The monoisotopic (exact) mass is 487 g/mol. The summed E-state index contributed by atoms with van der Waals surface area (Å²) in [5, 5.41) is 4.16. The number of benzene rings is 1. The number of rotatable bonds is 8. The van der Waals surface area contributed by atoms with E-state index in [4.69, 9.17) is 17.3 Å². The van der Waals surface area contributed by atoms with Crippen molar-refractivity contribution < 1.29 is 9.18 Å². The van der Waals surface area contributed by atoms with Gasteiger partial charge in [-0.05, 0) is 55.3 Å². The molecule has 1 saturated heterocycles. The minimum absolute atomic E-state index is 0.000175. The lowest BCUT2D eigenvalue weighted by molar-refractivity contribution is -0.134. The number of nitrogens with two attached hydrogens (primary N) is 1. The topological polar surface area (TPSA) is 74.0 Å². The quantitative estimate of drug-likeness (QED) is 0.433. The van der Waals surface area contributed by atoms with E-state index in [0.717, 1.165) is 23.6 Å². The second-order valence-corrected chi connectivity index (χ2v) is 10.1. The zero-order valence-electron chi connectivity index (χ0n) is 19.9. The molecule has 3 atom stereocenters. The molecule has 2 aliphatic carbocycles. The lowest BCUT2D eigenvalue weighted by Gasteiger charge is -2.38. The maximum atomic E-state index is 14.2. The zero-order chi connectivity index (χ0) is 24.2. The van der Waals surface area contributed by atoms with Gasteiger partial charge in [0.25, 0.3) is 0 Å². The Morgan fingerprint density at radius 3 is 2.47 bits per heavy atom. The van der Waals surface area contributed by atoms with E-state index in [2.05, 4.69) is 21.8 Å². The van der Waals surface area contributed by atoms with E-state index >= 15 is 0 Å². The highest BCUT2D eigenvalue weighted by atomic mass is 35.5. The minimum Gasteiger partial charge on any atom is -0.399 e. The van der Waals surface area contributed by atoms with E-state index < -0.39 is 6.17 Å². The molecular weight excluding hydrogens is 453 g/mol. The highest BCUT2D eigenvalue weighted by Gasteiger charge is 2.36. The standard InChI is InChI=1S/C26H35ClFN5O/c1-3-31-25(23-17(2)14-22(28)24(23)29)32-10-12-33(13-11-32)26(34)21(16-30-15-18-4-5-18)19-6-8-20(27)9-7-19/h3,6-9,17-18,21-22,30H,1,4-5,10-16,29H2,2H3/t17-,21-,22+/m1/s1. The molecule has 1 aliphatic heterocycles. The van der Waals surface area contributed by atoms with Crippen molar-refractivity contribution in [2.24, 2.45) is 22.6 Å². The molecule has 4 rings (SSSR count). The van der Waals surface area contributed by atoms with Gasteiger partial charge in [0, 0.05) is 49.5 Å². The Bertz CT molecular complexity index is 950. The van der Waals surface area contributed by atoms with Gasteiger partial charge in [0.15, 0.2) is 0 Å². The summed E-state index contributed by atoms with van der Waals surface area (Å²) in [4.78, 5) is 22.1. The van der Waals surface area contributed by atoms with Crippen LogP contribution in [0.3, 0.4) is 0 Å². The number of halogens is 2. The van der Waals surface area contributed by atoms with Crippen molar-refractivity contribution in [1.82, 2.24) is 15.1 Å². The average Bonchev–Trinajstić information content (AvgIpc) is 3.62. The molecule has 1 heterocycles. The number of piperazine rings is 1. The molecule has 8 heteroatoms. The number of alkyl halides is 1. The van der Waals surface area contributed by atoms with Crippen LogP contribution < -0.4 is 11.1 Å². The third kappa shape index (κ3) is 5.63. The fourth-order valence-electron chi connectivity index (χ4n) is 4.92. The van der Waals surface area contributed by atoms with Crippen molar-refractivity contribution in [2.45, 2.75) is 38.3 Å². The van der Waals surface area contributed by atoms with Crippen LogP contribution in [0.4, 0.5) is 4.39 Å². The summed E-state index contributed by atoms with van der Waals surface area (Å²) in [7, 11) is 0. The van der Waals surface area contributed by atoms with Gasteiger partial charge >= 0.3 is 0 Å². The van der Waals surface area contributed by atoms with Crippen LogP contribution in [0.5, 0.6) is 0 Å². The highest BCUT2D eigenvalue weighted by molar-refractivity contribution is 6.30. The third-order valence-electron chi connectivity index (χ3n) is 7.10. The van der Waals surface area contributed by atoms with Gasteiger partial charge in [0.2, 0.25) is 5.91 Å². The molecule has 1 saturated carbocycles. The van der Waals surface area contributed by atoms with Crippen LogP contribution in [0, 0.1) is 11.8 Å². The number of carbonyl (C=O) groups is 1. The summed E-state index contributed by atoms with van der Waals surface area (Å²) in [6.45, 7) is 9.65. The first-order valence-corrected chi connectivity index (χ1v) is 12.6. The number of nitrogens with one attached hydrogen (secondary N) is 1. The van der Waals surface area contributed by atoms with E-state index in [1.54, 1.807) is 0 Å². The Morgan fingerprint density at radius 2 is 1.91 bits per heavy atom. The predicted molar refractivity (Wildman–Crippen MR) is 135 cm³/mol. The molecule has 184 valence electrons. The van der Waals surface area contributed by atoms with E-state index in [1.165, 1.54) is 19.0 Å². The summed E-state index contributed by atoms with van der Waals surface area (Å²) >= 11 is 6.08. The lowest BCUT2D eigenvalue weighted by atomic mass is 9.96. The summed E-state index contributed by atoms with van der Waals surface area (Å²) in [5.74, 6) is 1.29. The Hall–Kier alpha value is -2.38. The first kappa shape index (κ1) is 24.7. The van der Waals surface area contributed by atoms with Crippen molar-refractivity contribution in [2.75, 3.05) is 39.3 Å². The third-order valence-corrected chi connectivity index (χ3v) is 7.35. The number of amidine groups is 1. The average molecular weight is 488 g/mol. The van der Waals surface area contributed by atoms with Crippen molar-refractivity contribution in [3.05, 3.63) is 58.9 Å². The van der Waals surface area contributed by atoms with E-state index in [-0.39, 0.29) is 23.4 Å². The van der Waals surface area contributed by atoms with E-state index in [0.29, 0.717) is 50.0 Å². The van der Waals surface area contributed by atoms with E-state index in [9.17, 15) is 9.18 Å². The number of allylic oxidation sites excluding steroid dienone is 1. The van der Waals surface area contributed by atoms with E-state index in [1.807, 2.05) is 36.1 Å². The normalized spacial score (nSPS) is 24.5. The molecule has 34 heavy (non-hydrogen) atoms. The summed E-state index contributed by atoms with van der Waals surface area (Å²) in [5.41, 5.74) is 8.12. The molecule has 0 radical (unpaired) electrons. The van der Waals surface area contributed by atoms with Crippen LogP contribution in [-0.2, 0) is 4.79 Å². The maximum Gasteiger partial charge on any atom is 0.231 e. The van der Waals surface area contributed by atoms with Gasteiger partial charge in [-0.15, -0.1) is 0 Å². The smallest absolute Gasteiger partial charge is 0.231 e. The first-order chi connectivity index (χ1) is 16.4. The minimum atomic E-state index is -1.13. The van der Waals surface area contributed by atoms with Crippen LogP contribution >= 0.6 is 11.6 Å². The zero-order valence-corrected chi connectivity index (χ0v) is 20.6. The van der Waals surface area contributed by atoms with Gasteiger partial charge in [-0.25, -0.2) is 9.38 Å². The molecule has 3 aliphatic rings.